The van der Waals surface area contributed by atoms with Gasteiger partial charge in [0.25, 0.3) is 0 Å². The van der Waals surface area contributed by atoms with Crippen LogP contribution < -0.4 is 10.3 Å². The van der Waals surface area contributed by atoms with Crippen molar-refractivity contribution in [1.29, 1.82) is 0 Å². The van der Waals surface area contributed by atoms with Crippen LogP contribution in [0.5, 0.6) is 5.75 Å². The number of nitrogens with one attached hydrogen (secondary N) is 1. The maximum atomic E-state index is 11.8. The molecule has 0 saturated heterocycles. The Bertz CT molecular complexity index is 426. The number of unbranched alkanes of at least 4 members (excludes halogenated alkanes) is 2. The molecule has 0 aromatic heterocycles. The highest BCUT2D eigenvalue weighted by atomic mass is 19.3. The number of halogens is 2. The van der Waals surface area contributed by atoms with E-state index >= 15 is 0 Å². The minimum absolute atomic E-state index is 0.0313. The number of carbonyl (C=O) groups is 2. The van der Waals surface area contributed by atoms with Crippen molar-refractivity contribution in [3.8, 4) is 5.75 Å². The van der Waals surface area contributed by atoms with Crippen LogP contribution in [0.15, 0.2) is 24.3 Å². The molecule has 0 aliphatic carbocycles. The van der Waals surface area contributed by atoms with Crippen molar-refractivity contribution < 1.29 is 23.4 Å². The van der Waals surface area contributed by atoms with Gasteiger partial charge in [-0.25, -0.2) is 0 Å². The van der Waals surface area contributed by atoms with Crippen molar-refractivity contribution in [2.24, 2.45) is 0 Å². The molecule has 1 amide bonds. The van der Waals surface area contributed by atoms with Gasteiger partial charge in [0.05, 0.1) is 12.7 Å². The molecule has 0 fully saturated rings. The molecule has 0 heterocycles. The van der Waals surface area contributed by atoms with E-state index in [0.29, 0.717) is 0 Å². The number of carbonyl (C=O) groups excluding carboxylic acids is 2. The lowest BCUT2D eigenvalue weighted by atomic mass is 10.0. The summed E-state index contributed by atoms with van der Waals surface area (Å²) in [6.45, 7) is 10.7. The average Bonchev–Trinajstić information content (AvgIpc) is 2.67. The van der Waals surface area contributed by atoms with Gasteiger partial charge in [0.1, 0.15) is 6.29 Å². The van der Waals surface area contributed by atoms with Crippen LogP contribution in [0.3, 0.4) is 0 Å². The van der Waals surface area contributed by atoms with Crippen LogP contribution in [0.4, 0.5) is 8.92 Å². The smallest absolute Gasteiger partial charge is 0.217 e. The molecule has 1 aromatic carbocycles. The lowest BCUT2D eigenvalue weighted by molar-refractivity contribution is -0.119. The highest BCUT2D eigenvalue weighted by Crippen LogP contribution is 2.20. The summed E-state index contributed by atoms with van der Waals surface area (Å²) in [6, 6.07) is 6.49. The Kier molecular flexibility index (Phi) is 25.5. The summed E-state index contributed by atoms with van der Waals surface area (Å²) in [7, 11) is 0. The van der Waals surface area contributed by atoms with E-state index in [-0.39, 0.29) is 24.4 Å². The Hall–Kier alpha value is -1.98. The van der Waals surface area contributed by atoms with Gasteiger partial charge in [-0.1, -0.05) is 46.2 Å². The summed E-state index contributed by atoms with van der Waals surface area (Å²) in [5.74, 6) is 0.0871. The van der Waals surface area contributed by atoms with Crippen LogP contribution in [0.1, 0.15) is 78.8 Å². The van der Waals surface area contributed by atoms with E-state index in [1.807, 2.05) is 20.8 Å². The van der Waals surface area contributed by atoms with E-state index in [1.54, 1.807) is 12.1 Å². The monoisotopic (exact) mass is 375 g/mol. The van der Waals surface area contributed by atoms with Gasteiger partial charge in [0.15, 0.2) is 5.75 Å². The first-order chi connectivity index (χ1) is 12.5. The SMILES string of the molecule is CC.CCC(NC(C)=O)c1ccc(OF)cc1.CCCCC=O.CCF. The van der Waals surface area contributed by atoms with Crippen molar-refractivity contribution in [2.45, 2.75) is 73.3 Å². The molecule has 26 heavy (non-hydrogen) atoms. The van der Waals surface area contributed by atoms with Gasteiger partial charge in [0, 0.05) is 17.9 Å². The fraction of sp³-hybridized carbons (Fsp3) is 0.600. The van der Waals surface area contributed by atoms with Gasteiger partial charge in [-0.15, -0.1) is 0 Å². The largest absolute Gasteiger partial charge is 0.350 e. The zero-order valence-corrected chi connectivity index (χ0v) is 17.0. The molecule has 1 unspecified atom stereocenters. The van der Waals surface area contributed by atoms with Crippen LogP contribution in [-0.4, -0.2) is 18.9 Å². The molecule has 1 aromatic rings. The zero-order chi connectivity index (χ0) is 20.8. The number of hydrogen-bond acceptors (Lipinski definition) is 3. The van der Waals surface area contributed by atoms with E-state index in [9.17, 15) is 18.5 Å². The standard InChI is InChI=1S/C11H14FNO2.C5H10O.C2H5F.C2H6/c1-3-11(13-8(2)14)9-4-6-10(15-12)7-5-9;1-2-3-4-5-6;1-2-3;1-2/h4-7,11H,3H2,1-2H3,(H,13,14);5H,2-4H2,1H3;2H2,1H3;1-2H3. The highest BCUT2D eigenvalue weighted by molar-refractivity contribution is 5.73. The number of aldehydes is 1. The Morgan fingerprint density at radius 2 is 1.69 bits per heavy atom. The number of benzene rings is 1. The Morgan fingerprint density at radius 1 is 1.19 bits per heavy atom. The van der Waals surface area contributed by atoms with Crippen LogP contribution in [0.25, 0.3) is 0 Å². The maximum absolute atomic E-state index is 11.8. The summed E-state index contributed by atoms with van der Waals surface area (Å²) in [5, 5.41) is 2.81. The summed E-state index contributed by atoms with van der Waals surface area (Å²) < 4.78 is 22.1. The van der Waals surface area contributed by atoms with Crippen LogP contribution in [-0.2, 0) is 9.59 Å². The average molecular weight is 376 g/mol. The molecule has 4 nitrogen and oxygen atoms in total. The number of rotatable bonds is 7. The third-order valence-corrected chi connectivity index (χ3v) is 2.83. The first-order valence-corrected chi connectivity index (χ1v) is 9.15. The van der Waals surface area contributed by atoms with Gasteiger partial charge in [-0.2, -0.15) is 0 Å². The molecule has 1 N–H and O–H groups in total. The van der Waals surface area contributed by atoms with E-state index in [2.05, 4.69) is 17.2 Å². The molecule has 0 spiro atoms. The molecule has 0 radical (unpaired) electrons. The van der Waals surface area contributed by atoms with Gasteiger partial charge in [0.2, 0.25) is 5.91 Å². The van der Waals surface area contributed by atoms with Crippen molar-refractivity contribution in [3.63, 3.8) is 0 Å². The second kappa shape index (κ2) is 23.0. The molecule has 0 bridgehead atoms. The molecule has 152 valence electrons. The first kappa shape index (κ1) is 28.8. The quantitative estimate of drug-likeness (QED) is 0.476. The van der Waals surface area contributed by atoms with Crippen LogP contribution in [0, 0.1) is 0 Å². The summed E-state index contributed by atoms with van der Waals surface area (Å²) in [5.41, 5.74) is 0.938. The van der Waals surface area contributed by atoms with E-state index < -0.39 is 0 Å². The lowest BCUT2D eigenvalue weighted by Crippen LogP contribution is -2.25. The summed E-state index contributed by atoms with van der Waals surface area (Å²) in [4.78, 5) is 24.1. The molecule has 1 rings (SSSR count). The summed E-state index contributed by atoms with van der Waals surface area (Å²) in [6.07, 6.45) is 4.65. The molecular weight excluding hydrogens is 340 g/mol. The van der Waals surface area contributed by atoms with E-state index in [0.717, 1.165) is 37.5 Å². The van der Waals surface area contributed by atoms with Gasteiger partial charge < -0.3 is 10.1 Å². The molecule has 0 aliphatic rings. The number of hydrogen-bond donors (Lipinski definition) is 1. The minimum atomic E-state index is -0.250. The zero-order valence-electron chi connectivity index (χ0n) is 17.0. The Labute approximate surface area is 157 Å². The third-order valence-electron chi connectivity index (χ3n) is 2.83. The summed E-state index contributed by atoms with van der Waals surface area (Å²) >= 11 is 0. The van der Waals surface area contributed by atoms with Crippen molar-refractivity contribution in [2.75, 3.05) is 6.67 Å². The van der Waals surface area contributed by atoms with Crippen molar-refractivity contribution >= 4 is 12.2 Å². The molecule has 6 heteroatoms. The fourth-order valence-corrected chi connectivity index (χ4v) is 1.71. The van der Waals surface area contributed by atoms with Crippen molar-refractivity contribution in [1.82, 2.24) is 5.32 Å². The van der Waals surface area contributed by atoms with Crippen LogP contribution >= 0.6 is 0 Å². The Morgan fingerprint density at radius 3 is 1.96 bits per heavy atom. The number of alkyl halides is 1. The highest BCUT2D eigenvalue weighted by Gasteiger charge is 2.09. The normalized spacial score (nSPS) is 9.69. The lowest BCUT2D eigenvalue weighted by Gasteiger charge is -2.16. The second-order valence-electron chi connectivity index (χ2n) is 4.88. The van der Waals surface area contributed by atoms with Gasteiger partial charge in [-0.3, -0.25) is 14.1 Å². The third kappa shape index (κ3) is 18.4. The van der Waals surface area contributed by atoms with Crippen molar-refractivity contribution in [3.05, 3.63) is 29.8 Å². The molecule has 1 atom stereocenters. The van der Waals surface area contributed by atoms with E-state index in [1.165, 1.54) is 26.0 Å². The minimum Gasteiger partial charge on any atom is -0.350 e. The van der Waals surface area contributed by atoms with Crippen LogP contribution in [0.2, 0.25) is 0 Å². The molecule has 0 aliphatic heterocycles. The molecule has 0 saturated carbocycles. The molecular formula is C20H35F2NO3. The maximum Gasteiger partial charge on any atom is 0.217 e. The predicted octanol–water partition coefficient (Wildman–Crippen LogP) is 5.91. The second-order valence-corrected chi connectivity index (χ2v) is 4.88. The Balaban J connectivity index is -0.000000401. The topological polar surface area (TPSA) is 55.4 Å². The number of amides is 1. The predicted molar refractivity (Wildman–Crippen MR) is 104 cm³/mol. The van der Waals surface area contributed by atoms with Gasteiger partial charge >= 0.3 is 0 Å². The van der Waals surface area contributed by atoms with E-state index in [4.69, 9.17) is 0 Å². The van der Waals surface area contributed by atoms with Gasteiger partial charge in [-0.05, 0) is 37.5 Å². The fourth-order valence-electron chi connectivity index (χ4n) is 1.71. The first-order valence-electron chi connectivity index (χ1n) is 9.15.